The van der Waals surface area contributed by atoms with Gasteiger partial charge in [0.1, 0.15) is 0 Å². The first-order valence-corrected chi connectivity index (χ1v) is 6.44. The van der Waals surface area contributed by atoms with Gasteiger partial charge in [-0.15, -0.1) is 0 Å². The number of nitrogens with one attached hydrogen (secondary N) is 2. The Morgan fingerprint density at radius 3 is 2.88 bits per heavy atom. The lowest BCUT2D eigenvalue weighted by atomic mass is 9.92. The molecule has 5 heteroatoms. The van der Waals surface area contributed by atoms with Crippen molar-refractivity contribution in [3.63, 3.8) is 0 Å². The molecule has 2 fully saturated rings. The molecule has 5 nitrogen and oxygen atoms in total. The molecule has 17 heavy (non-hydrogen) atoms. The summed E-state index contributed by atoms with van der Waals surface area (Å²) < 4.78 is 5.32. The van der Waals surface area contributed by atoms with Crippen LogP contribution >= 0.6 is 0 Å². The van der Waals surface area contributed by atoms with Gasteiger partial charge in [-0.3, -0.25) is 4.79 Å². The summed E-state index contributed by atoms with van der Waals surface area (Å²) in [5, 5.41) is 15.7. The zero-order valence-corrected chi connectivity index (χ0v) is 10.3. The number of amides is 1. The predicted octanol–water partition coefficient (Wildman–Crippen LogP) is -0.359. The molecule has 4 unspecified atom stereocenters. The Hall–Kier alpha value is -0.650. The SMILES string of the molecule is CNC1COCC1C(=O)NC1CCCC(O)C1. The van der Waals surface area contributed by atoms with Crippen molar-refractivity contribution < 1.29 is 14.6 Å². The van der Waals surface area contributed by atoms with E-state index >= 15 is 0 Å². The zero-order chi connectivity index (χ0) is 12.3. The maximum absolute atomic E-state index is 12.1. The standard InChI is InChI=1S/C12H22N2O3/c1-13-11-7-17-6-10(11)12(16)14-8-3-2-4-9(15)5-8/h8-11,13,15H,2-7H2,1H3,(H,14,16). The molecule has 0 aromatic rings. The Morgan fingerprint density at radius 2 is 2.18 bits per heavy atom. The first-order valence-electron chi connectivity index (χ1n) is 6.44. The third-order valence-electron chi connectivity index (χ3n) is 3.78. The average molecular weight is 242 g/mol. The van der Waals surface area contributed by atoms with E-state index < -0.39 is 0 Å². The van der Waals surface area contributed by atoms with E-state index in [9.17, 15) is 9.90 Å². The summed E-state index contributed by atoms with van der Waals surface area (Å²) in [6.45, 7) is 1.09. The van der Waals surface area contributed by atoms with Gasteiger partial charge in [0.2, 0.25) is 5.91 Å². The third kappa shape index (κ3) is 3.18. The van der Waals surface area contributed by atoms with Crippen molar-refractivity contribution in [3.8, 4) is 0 Å². The number of hydrogen-bond acceptors (Lipinski definition) is 4. The highest BCUT2D eigenvalue weighted by Gasteiger charge is 2.34. The summed E-state index contributed by atoms with van der Waals surface area (Å²) >= 11 is 0. The monoisotopic (exact) mass is 242 g/mol. The van der Waals surface area contributed by atoms with Crippen LogP contribution in [0.1, 0.15) is 25.7 Å². The molecule has 0 radical (unpaired) electrons. The van der Waals surface area contributed by atoms with E-state index in [0.29, 0.717) is 19.6 Å². The number of ether oxygens (including phenoxy) is 1. The van der Waals surface area contributed by atoms with E-state index in [-0.39, 0.29) is 30.0 Å². The summed E-state index contributed by atoms with van der Waals surface area (Å²) in [6, 6.07) is 0.243. The fourth-order valence-electron chi connectivity index (χ4n) is 2.70. The third-order valence-corrected chi connectivity index (χ3v) is 3.78. The van der Waals surface area contributed by atoms with Crippen molar-refractivity contribution in [2.45, 2.75) is 43.9 Å². The normalized spacial score (nSPS) is 38.0. The van der Waals surface area contributed by atoms with Gasteiger partial charge in [-0.2, -0.15) is 0 Å². The number of hydrogen-bond donors (Lipinski definition) is 3. The van der Waals surface area contributed by atoms with Gasteiger partial charge in [-0.05, 0) is 32.7 Å². The Balaban J connectivity index is 1.83. The van der Waals surface area contributed by atoms with Gasteiger partial charge in [0.15, 0.2) is 0 Å². The molecule has 0 aromatic carbocycles. The van der Waals surface area contributed by atoms with Crippen LogP contribution in [-0.2, 0) is 9.53 Å². The van der Waals surface area contributed by atoms with E-state index in [1.54, 1.807) is 0 Å². The first-order chi connectivity index (χ1) is 8.20. The molecule has 98 valence electrons. The fourth-order valence-corrected chi connectivity index (χ4v) is 2.70. The summed E-state index contributed by atoms with van der Waals surface area (Å²) in [5.74, 6) is -0.0416. The second-order valence-corrected chi connectivity index (χ2v) is 5.07. The van der Waals surface area contributed by atoms with Crippen LogP contribution in [0.3, 0.4) is 0 Å². The molecule has 1 saturated carbocycles. The largest absolute Gasteiger partial charge is 0.393 e. The van der Waals surface area contributed by atoms with Crippen LogP contribution < -0.4 is 10.6 Å². The van der Waals surface area contributed by atoms with Gasteiger partial charge in [-0.25, -0.2) is 0 Å². The molecular weight excluding hydrogens is 220 g/mol. The molecule has 1 saturated heterocycles. The average Bonchev–Trinajstić information content (AvgIpc) is 2.77. The van der Waals surface area contributed by atoms with Crippen LogP contribution in [0.15, 0.2) is 0 Å². The van der Waals surface area contributed by atoms with Gasteiger partial charge < -0.3 is 20.5 Å². The minimum Gasteiger partial charge on any atom is -0.393 e. The Kier molecular flexibility index (Phi) is 4.36. The highest BCUT2D eigenvalue weighted by atomic mass is 16.5. The van der Waals surface area contributed by atoms with Crippen molar-refractivity contribution in [1.29, 1.82) is 0 Å². The molecule has 3 N–H and O–H groups in total. The molecule has 0 bridgehead atoms. The maximum atomic E-state index is 12.1. The van der Waals surface area contributed by atoms with E-state index in [4.69, 9.17) is 4.74 Å². The Labute approximate surface area is 102 Å². The highest BCUT2D eigenvalue weighted by molar-refractivity contribution is 5.80. The molecule has 1 heterocycles. The molecule has 2 aliphatic rings. The van der Waals surface area contributed by atoms with Crippen LogP contribution in [0.4, 0.5) is 0 Å². The summed E-state index contributed by atoms with van der Waals surface area (Å²) in [4.78, 5) is 12.1. The molecule has 1 aliphatic heterocycles. The summed E-state index contributed by atoms with van der Waals surface area (Å²) in [7, 11) is 1.85. The molecule has 2 rings (SSSR count). The number of rotatable bonds is 3. The van der Waals surface area contributed by atoms with Gasteiger partial charge in [0, 0.05) is 12.1 Å². The quantitative estimate of drug-likeness (QED) is 0.632. The van der Waals surface area contributed by atoms with Crippen LogP contribution in [0.25, 0.3) is 0 Å². The summed E-state index contributed by atoms with van der Waals surface area (Å²) in [6.07, 6.45) is 3.25. The van der Waals surface area contributed by atoms with Crippen molar-refractivity contribution in [3.05, 3.63) is 0 Å². The molecule has 0 spiro atoms. The zero-order valence-electron chi connectivity index (χ0n) is 10.3. The molecular formula is C12H22N2O3. The lowest BCUT2D eigenvalue weighted by Gasteiger charge is -2.28. The maximum Gasteiger partial charge on any atom is 0.227 e. The Bertz CT molecular complexity index is 272. The topological polar surface area (TPSA) is 70.6 Å². The lowest BCUT2D eigenvalue weighted by Crippen LogP contribution is -2.47. The first kappa shape index (κ1) is 12.8. The molecule has 4 atom stereocenters. The predicted molar refractivity (Wildman–Crippen MR) is 63.6 cm³/mol. The summed E-state index contributed by atoms with van der Waals surface area (Å²) in [5.41, 5.74) is 0. The van der Waals surface area contributed by atoms with Gasteiger partial charge in [0.25, 0.3) is 0 Å². The lowest BCUT2D eigenvalue weighted by molar-refractivity contribution is -0.126. The number of likely N-dealkylation sites (N-methyl/N-ethyl adjacent to an activating group) is 1. The number of carbonyl (C=O) groups is 1. The smallest absolute Gasteiger partial charge is 0.227 e. The number of carbonyl (C=O) groups excluding carboxylic acids is 1. The van der Waals surface area contributed by atoms with Crippen LogP contribution in [0.2, 0.25) is 0 Å². The van der Waals surface area contributed by atoms with E-state index in [1.165, 1.54) is 0 Å². The second kappa shape index (κ2) is 5.80. The van der Waals surface area contributed by atoms with Crippen molar-refractivity contribution in [2.24, 2.45) is 5.92 Å². The number of aliphatic hydroxyl groups is 1. The van der Waals surface area contributed by atoms with Crippen LogP contribution in [0.5, 0.6) is 0 Å². The Morgan fingerprint density at radius 1 is 1.35 bits per heavy atom. The van der Waals surface area contributed by atoms with Crippen LogP contribution in [0, 0.1) is 5.92 Å². The van der Waals surface area contributed by atoms with Crippen molar-refractivity contribution in [2.75, 3.05) is 20.3 Å². The van der Waals surface area contributed by atoms with E-state index in [0.717, 1.165) is 19.3 Å². The van der Waals surface area contributed by atoms with Gasteiger partial charge in [-0.1, -0.05) is 0 Å². The fraction of sp³-hybridized carbons (Fsp3) is 0.917. The minimum atomic E-state index is -0.256. The minimum absolute atomic E-state index is 0.0564. The van der Waals surface area contributed by atoms with E-state index in [1.807, 2.05) is 7.05 Å². The number of aliphatic hydroxyl groups excluding tert-OH is 1. The molecule has 1 aliphatic carbocycles. The van der Waals surface area contributed by atoms with E-state index in [2.05, 4.69) is 10.6 Å². The highest BCUT2D eigenvalue weighted by Crippen LogP contribution is 2.20. The molecule has 1 amide bonds. The second-order valence-electron chi connectivity index (χ2n) is 5.07. The van der Waals surface area contributed by atoms with Crippen LogP contribution in [-0.4, -0.2) is 49.5 Å². The van der Waals surface area contributed by atoms with Gasteiger partial charge >= 0.3 is 0 Å². The van der Waals surface area contributed by atoms with Gasteiger partial charge in [0.05, 0.1) is 25.2 Å². The van der Waals surface area contributed by atoms with Crippen molar-refractivity contribution >= 4 is 5.91 Å². The van der Waals surface area contributed by atoms with Crippen molar-refractivity contribution in [1.82, 2.24) is 10.6 Å². The molecule has 0 aromatic heterocycles.